The Bertz CT molecular complexity index is 621. The van der Waals surface area contributed by atoms with Crippen LogP contribution in [0.2, 0.25) is 0 Å². The van der Waals surface area contributed by atoms with Gasteiger partial charge in [-0.2, -0.15) is 15.4 Å². The van der Waals surface area contributed by atoms with Crippen molar-refractivity contribution < 1.29 is 14.7 Å². The van der Waals surface area contributed by atoms with E-state index < -0.39 is 11.9 Å². The average Bonchev–Trinajstić information content (AvgIpc) is 2.91. The number of carbonyl (C=O) groups excluding carboxylic acids is 1. The molecule has 0 radical (unpaired) electrons. The van der Waals surface area contributed by atoms with Crippen molar-refractivity contribution in [3.05, 3.63) is 41.9 Å². The highest BCUT2D eigenvalue weighted by molar-refractivity contribution is 6.02. The molecule has 0 saturated carbocycles. The van der Waals surface area contributed by atoms with Gasteiger partial charge in [0, 0.05) is 6.08 Å². The second kappa shape index (κ2) is 5.54. The van der Waals surface area contributed by atoms with Gasteiger partial charge in [-0.05, 0) is 18.2 Å². The first kappa shape index (κ1) is 12.4. The van der Waals surface area contributed by atoms with Crippen molar-refractivity contribution in [3.63, 3.8) is 0 Å². The number of anilines is 1. The summed E-state index contributed by atoms with van der Waals surface area (Å²) < 4.78 is 0. The first-order valence-corrected chi connectivity index (χ1v) is 5.20. The summed E-state index contributed by atoms with van der Waals surface area (Å²) >= 11 is 0. The van der Waals surface area contributed by atoms with Crippen LogP contribution >= 0.6 is 0 Å². The number of nitrogens with zero attached hydrogens (tertiary/aromatic N) is 3. The number of amides is 1. The highest BCUT2D eigenvalue weighted by Gasteiger charge is 2.09. The molecule has 0 fully saturated rings. The van der Waals surface area contributed by atoms with Crippen molar-refractivity contribution in [3.8, 4) is 0 Å². The molecular weight excluding hydrogens is 250 g/mol. The van der Waals surface area contributed by atoms with Gasteiger partial charge < -0.3 is 10.4 Å². The molecule has 8 heteroatoms. The van der Waals surface area contributed by atoms with Gasteiger partial charge in [0.05, 0.1) is 11.9 Å². The van der Waals surface area contributed by atoms with E-state index in [1.807, 2.05) is 0 Å². The van der Waals surface area contributed by atoms with Crippen molar-refractivity contribution in [1.82, 2.24) is 20.4 Å². The fourth-order valence-corrected chi connectivity index (χ4v) is 1.26. The molecule has 0 atom stereocenters. The van der Waals surface area contributed by atoms with Crippen LogP contribution < -0.4 is 5.32 Å². The third-order valence-corrected chi connectivity index (χ3v) is 2.06. The van der Waals surface area contributed by atoms with Crippen LogP contribution in [0.5, 0.6) is 0 Å². The van der Waals surface area contributed by atoms with Gasteiger partial charge in [-0.3, -0.25) is 4.79 Å². The summed E-state index contributed by atoms with van der Waals surface area (Å²) in [5, 5.41) is 20.5. The van der Waals surface area contributed by atoms with Crippen molar-refractivity contribution in [2.45, 2.75) is 0 Å². The molecule has 2 rings (SSSR count). The van der Waals surface area contributed by atoms with Gasteiger partial charge in [0.2, 0.25) is 0 Å². The Morgan fingerprint density at radius 3 is 2.89 bits per heavy atom. The predicted octanol–water partition coefficient (Wildman–Crippen LogP) is 0.550. The van der Waals surface area contributed by atoms with Gasteiger partial charge in [-0.1, -0.05) is 6.07 Å². The molecule has 19 heavy (non-hydrogen) atoms. The summed E-state index contributed by atoms with van der Waals surface area (Å²) in [6, 6.07) is 4.84. The molecule has 96 valence electrons. The molecule has 3 N–H and O–H groups in total. The number of carboxylic acids is 1. The van der Waals surface area contributed by atoms with Crippen LogP contribution in [0.15, 0.2) is 30.5 Å². The fourth-order valence-electron chi connectivity index (χ4n) is 1.26. The Labute approximate surface area is 107 Å². The van der Waals surface area contributed by atoms with Crippen LogP contribution in [-0.2, 0) is 4.79 Å². The number of aromatic amines is 1. The van der Waals surface area contributed by atoms with Crippen LogP contribution in [-0.4, -0.2) is 37.4 Å². The van der Waals surface area contributed by atoms with Crippen LogP contribution in [0, 0.1) is 0 Å². The molecule has 1 amide bonds. The summed E-state index contributed by atoms with van der Waals surface area (Å²) in [7, 11) is 0. The van der Waals surface area contributed by atoms with Gasteiger partial charge in [0.1, 0.15) is 5.82 Å². The SMILES string of the molecule is O=C(O)C=Cc1cccc(NC(=O)c2cn[nH]n2)n1. The molecule has 0 aromatic carbocycles. The van der Waals surface area contributed by atoms with Gasteiger partial charge in [0.15, 0.2) is 5.69 Å². The van der Waals surface area contributed by atoms with Crippen molar-refractivity contribution in [2.24, 2.45) is 0 Å². The Hall–Kier alpha value is -3.03. The number of carbonyl (C=O) groups is 2. The van der Waals surface area contributed by atoms with E-state index in [4.69, 9.17) is 5.11 Å². The molecule has 0 aliphatic rings. The maximum atomic E-state index is 11.7. The van der Waals surface area contributed by atoms with Gasteiger partial charge in [-0.15, -0.1) is 0 Å². The Morgan fingerprint density at radius 1 is 1.37 bits per heavy atom. The Kier molecular flexibility index (Phi) is 3.62. The van der Waals surface area contributed by atoms with Crippen LogP contribution in [0.1, 0.15) is 16.2 Å². The molecule has 2 aromatic rings. The molecule has 0 aliphatic carbocycles. The second-order valence-electron chi connectivity index (χ2n) is 3.43. The minimum Gasteiger partial charge on any atom is -0.478 e. The first-order chi connectivity index (χ1) is 9.15. The van der Waals surface area contributed by atoms with Crippen molar-refractivity contribution in [1.29, 1.82) is 0 Å². The lowest BCUT2D eigenvalue weighted by molar-refractivity contribution is -0.131. The summed E-state index contributed by atoms with van der Waals surface area (Å²) in [6.45, 7) is 0. The van der Waals surface area contributed by atoms with E-state index in [0.29, 0.717) is 11.5 Å². The number of hydrogen-bond acceptors (Lipinski definition) is 5. The maximum Gasteiger partial charge on any atom is 0.328 e. The van der Waals surface area contributed by atoms with E-state index in [2.05, 4.69) is 25.7 Å². The molecule has 0 bridgehead atoms. The number of hydrogen-bond donors (Lipinski definition) is 3. The fraction of sp³-hybridized carbons (Fsp3) is 0. The number of aromatic nitrogens is 4. The highest BCUT2D eigenvalue weighted by atomic mass is 16.4. The van der Waals surface area contributed by atoms with E-state index in [0.717, 1.165) is 6.08 Å². The van der Waals surface area contributed by atoms with Crippen molar-refractivity contribution >= 4 is 23.8 Å². The lowest BCUT2D eigenvalue weighted by Gasteiger charge is -2.02. The molecule has 0 unspecified atom stereocenters. The lowest BCUT2D eigenvalue weighted by atomic mass is 10.3. The molecule has 0 saturated heterocycles. The lowest BCUT2D eigenvalue weighted by Crippen LogP contribution is -2.13. The second-order valence-corrected chi connectivity index (χ2v) is 3.43. The van der Waals surface area contributed by atoms with E-state index in [1.54, 1.807) is 18.2 Å². The minimum absolute atomic E-state index is 0.133. The monoisotopic (exact) mass is 259 g/mol. The summed E-state index contributed by atoms with van der Waals surface area (Å²) in [6.07, 6.45) is 3.57. The van der Waals surface area contributed by atoms with Gasteiger partial charge >= 0.3 is 5.97 Å². The van der Waals surface area contributed by atoms with Crippen molar-refractivity contribution in [2.75, 3.05) is 5.32 Å². The smallest absolute Gasteiger partial charge is 0.328 e. The number of carboxylic acid groups (broad SMARTS) is 1. The molecule has 0 spiro atoms. The zero-order valence-corrected chi connectivity index (χ0v) is 9.57. The van der Waals surface area contributed by atoms with E-state index in [1.165, 1.54) is 12.3 Å². The van der Waals surface area contributed by atoms with Gasteiger partial charge in [-0.25, -0.2) is 9.78 Å². The zero-order chi connectivity index (χ0) is 13.7. The zero-order valence-electron chi connectivity index (χ0n) is 9.57. The highest BCUT2D eigenvalue weighted by Crippen LogP contribution is 2.07. The number of nitrogens with one attached hydrogen (secondary N) is 2. The van der Waals surface area contributed by atoms with Gasteiger partial charge in [0.25, 0.3) is 5.91 Å². The summed E-state index contributed by atoms with van der Waals surface area (Å²) in [5.41, 5.74) is 0.550. The number of H-pyrrole nitrogens is 1. The Balaban J connectivity index is 2.11. The topological polar surface area (TPSA) is 121 Å². The standard InChI is InChI=1S/C11H9N5O3/c17-10(18)5-4-7-2-1-3-9(13-7)14-11(19)8-6-12-16-15-8/h1-6H,(H,17,18)(H,12,15,16)(H,13,14,19). The normalized spacial score (nSPS) is 10.5. The predicted molar refractivity (Wildman–Crippen MR) is 65.2 cm³/mol. The molecule has 2 heterocycles. The van der Waals surface area contributed by atoms with E-state index >= 15 is 0 Å². The summed E-state index contributed by atoms with van der Waals surface area (Å²) in [5.74, 6) is -1.24. The van der Waals surface area contributed by atoms with Crippen LogP contribution in [0.4, 0.5) is 5.82 Å². The Morgan fingerprint density at radius 2 is 2.21 bits per heavy atom. The summed E-state index contributed by atoms with van der Waals surface area (Å²) in [4.78, 5) is 26.1. The molecule has 2 aromatic heterocycles. The molecule has 0 aliphatic heterocycles. The maximum absolute atomic E-state index is 11.7. The van der Waals surface area contributed by atoms with E-state index in [9.17, 15) is 9.59 Å². The number of pyridine rings is 1. The van der Waals surface area contributed by atoms with Crippen LogP contribution in [0.3, 0.4) is 0 Å². The minimum atomic E-state index is -1.07. The average molecular weight is 259 g/mol. The van der Waals surface area contributed by atoms with E-state index in [-0.39, 0.29) is 5.69 Å². The molecule has 8 nitrogen and oxygen atoms in total. The third-order valence-electron chi connectivity index (χ3n) is 2.06. The molecular formula is C11H9N5O3. The van der Waals surface area contributed by atoms with Crippen LogP contribution in [0.25, 0.3) is 6.08 Å². The first-order valence-electron chi connectivity index (χ1n) is 5.20. The quantitative estimate of drug-likeness (QED) is 0.689. The number of aliphatic carboxylic acids is 1. The number of rotatable bonds is 4. The third kappa shape index (κ3) is 3.46. The largest absolute Gasteiger partial charge is 0.478 e.